The third kappa shape index (κ3) is 6.61. The van der Waals surface area contributed by atoms with Crippen molar-refractivity contribution >= 4 is 15.9 Å². The van der Waals surface area contributed by atoms with E-state index in [1.807, 2.05) is 0 Å². The largest absolute Gasteiger partial charge is 0.394 e. The normalized spacial score (nSPS) is 25.2. The maximum Gasteiger partial charge on any atom is 0.241 e. The summed E-state index contributed by atoms with van der Waals surface area (Å²) in [5, 5.41) is 12.6. The Morgan fingerprint density at radius 1 is 1.13 bits per heavy atom. The Bertz CT molecular complexity index is 809. The van der Waals surface area contributed by atoms with Crippen molar-refractivity contribution < 1.29 is 23.1 Å². The van der Waals surface area contributed by atoms with Crippen molar-refractivity contribution in [1.29, 1.82) is 0 Å². The van der Waals surface area contributed by atoms with Crippen LogP contribution < -0.4 is 10.0 Å². The monoisotopic (exact) mass is 437 g/mol. The summed E-state index contributed by atoms with van der Waals surface area (Å²) in [5.74, 6) is -0.123. The predicted molar refractivity (Wildman–Crippen MR) is 113 cm³/mol. The number of nitrogens with one attached hydrogen (secondary N) is 2. The highest BCUT2D eigenvalue weighted by Crippen LogP contribution is 2.18. The number of likely N-dealkylation sites (tertiary alicyclic amines) is 1. The molecule has 1 saturated heterocycles. The molecule has 3 N–H and O–H groups in total. The lowest BCUT2D eigenvalue weighted by Gasteiger charge is -2.31. The minimum absolute atomic E-state index is 0.123. The molecule has 0 bridgehead atoms. The first-order chi connectivity index (χ1) is 14.5. The highest BCUT2D eigenvalue weighted by molar-refractivity contribution is 7.89. The lowest BCUT2D eigenvalue weighted by molar-refractivity contribution is -0.125. The molecule has 2 heterocycles. The molecule has 0 spiro atoms. The van der Waals surface area contributed by atoms with Crippen LogP contribution >= 0.6 is 0 Å². The van der Waals surface area contributed by atoms with Crippen LogP contribution in [0.4, 0.5) is 0 Å². The Morgan fingerprint density at radius 3 is 2.57 bits per heavy atom. The van der Waals surface area contributed by atoms with Crippen LogP contribution in [0.25, 0.3) is 0 Å². The number of hydrogen-bond donors (Lipinski definition) is 3. The average molecular weight is 438 g/mol. The molecule has 2 aliphatic heterocycles. The lowest BCUT2D eigenvalue weighted by atomic mass is 10.1. The second-order valence-electron chi connectivity index (χ2n) is 7.70. The van der Waals surface area contributed by atoms with Crippen LogP contribution in [0.1, 0.15) is 25.7 Å². The maximum absolute atomic E-state index is 12.5. The zero-order chi connectivity index (χ0) is 21.4. The molecule has 0 aromatic heterocycles. The van der Waals surface area contributed by atoms with Gasteiger partial charge in [0.1, 0.15) is 6.10 Å². The fraction of sp³-hybridized carbons (Fsp3) is 0.571. The molecule has 30 heavy (non-hydrogen) atoms. The highest BCUT2D eigenvalue weighted by atomic mass is 32.2. The van der Waals surface area contributed by atoms with E-state index in [1.165, 1.54) is 31.4 Å². The topological polar surface area (TPSA) is 108 Å². The first-order valence-electron chi connectivity index (χ1n) is 10.5. The summed E-state index contributed by atoms with van der Waals surface area (Å²) >= 11 is 0. The van der Waals surface area contributed by atoms with Crippen LogP contribution in [0.2, 0.25) is 0 Å². The van der Waals surface area contributed by atoms with Crippen LogP contribution in [-0.4, -0.2) is 75.4 Å². The van der Waals surface area contributed by atoms with Gasteiger partial charge < -0.3 is 20.1 Å². The number of piperidine rings is 1. The maximum atomic E-state index is 12.5. The van der Waals surface area contributed by atoms with Gasteiger partial charge in [-0.25, -0.2) is 13.1 Å². The molecule has 1 fully saturated rings. The number of carbonyl (C=O) groups is 1. The van der Waals surface area contributed by atoms with Gasteiger partial charge in [-0.1, -0.05) is 36.8 Å². The number of sulfonamides is 1. The van der Waals surface area contributed by atoms with E-state index in [2.05, 4.69) is 14.9 Å². The van der Waals surface area contributed by atoms with Gasteiger partial charge in [0, 0.05) is 13.1 Å². The van der Waals surface area contributed by atoms with Crippen LogP contribution in [0.3, 0.4) is 0 Å². The Morgan fingerprint density at radius 2 is 1.87 bits per heavy atom. The molecule has 166 valence electrons. The Kier molecular flexibility index (Phi) is 8.41. The molecule has 8 nitrogen and oxygen atoms in total. The number of hydrogen-bond acceptors (Lipinski definition) is 6. The van der Waals surface area contributed by atoms with Crippen molar-refractivity contribution in [3.05, 3.63) is 42.5 Å². The number of nitrogens with zero attached hydrogens (tertiary/aromatic N) is 1. The van der Waals surface area contributed by atoms with Crippen LogP contribution in [0.15, 0.2) is 47.4 Å². The molecule has 0 aliphatic carbocycles. The van der Waals surface area contributed by atoms with Gasteiger partial charge in [0.2, 0.25) is 15.9 Å². The third-order valence-corrected chi connectivity index (χ3v) is 6.87. The lowest BCUT2D eigenvalue weighted by Crippen LogP contribution is -2.49. The van der Waals surface area contributed by atoms with Crippen molar-refractivity contribution in [2.24, 2.45) is 0 Å². The highest BCUT2D eigenvalue weighted by Gasteiger charge is 2.31. The second kappa shape index (κ2) is 11.0. The first kappa shape index (κ1) is 22.9. The van der Waals surface area contributed by atoms with Crippen molar-refractivity contribution in [2.45, 2.75) is 48.8 Å². The summed E-state index contributed by atoms with van der Waals surface area (Å²) in [6.45, 7) is 3.25. The van der Waals surface area contributed by atoms with Gasteiger partial charge >= 0.3 is 0 Å². The van der Waals surface area contributed by atoms with E-state index in [0.29, 0.717) is 6.54 Å². The van der Waals surface area contributed by atoms with Crippen molar-refractivity contribution in [3.8, 4) is 0 Å². The smallest absolute Gasteiger partial charge is 0.241 e. The molecule has 1 amide bonds. The average Bonchev–Trinajstić information content (AvgIpc) is 2.76. The van der Waals surface area contributed by atoms with Gasteiger partial charge in [0.15, 0.2) is 0 Å². The number of aliphatic hydroxyl groups excluding tert-OH is 1. The predicted octanol–water partition coefficient (Wildman–Crippen LogP) is 0.642. The fourth-order valence-electron chi connectivity index (χ4n) is 3.75. The van der Waals surface area contributed by atoms with Gasteiger partial charge in [0.05, 0.1) is 30.1 Å². The zero-order valence-corrected chi connectivity index (χ0v) is 17.9. The molecule has 9 heteroatoms. The quantitative estimate of drug-likeness (QED) is 0.490. The Balaban J connectivity index is 1.48. The van der Waals surface area contributed by atoms with E-state index in [4.69, 9.17) is 4.74 Å². The van der Waals surface area contributed by atoms with Crippen molar-refractivity contribution in [3.63, 3.8) is 0 Å². The van der Waals surface area contributed by atoms with E-state index in [0.717, 1.165) is 19.6 Å². The second-order valence-corrected chi connectivity index (χ2v) is 9.41. The number of aliphatic hydroxyl groups is 1. The van der Waals surface area contributed by atoms with E-state index in [-0.39, 0.29) is 23.8 Å². The summed E-state index contributed by atoms with van der Waals surface area (Å²) in [5.41, 5.74) is 0. The Labute approximate surface area is 178 Å². The molecular formula is C21H31N3O5S. The van der Waals surface area contributed by atoms with Gasteiger partial charge in [-0.05, 0) is 38.1 Å². The SMILES string of the molecule is O=C(C[C@H]1C=C[C@@H](NS(=O)(=O)c2ccccc2)[C@@H](CO)O1)NCCN1CCCCC1. The summed E-state index contributed by atoms with van der Waals surface area (Å²) in [6, 6.07) is 7.32. The van der Waals surface area contributed by atoms with Gasteiger partial charge in [0.25, 0.3) is 0 Å². The summed E-state index contributed by atoms with van der Waals surface area (Å²) in [7, 11) is -3.74. The van der Waals surface area contributed by atoms with Gasteiger partial charge in [-0.2, -0.15) is 0 Å². The number of benzene rings is 1. The van der Waals surface area contributed by atoms with E-state index in [1.54, 1.807) is 30.4 Å². The summed E-state index contributed by atoms with van der Waals surface area (Å²) in [4.78, 5) is 14.7. The summed E-state index contributed by atoms with van der Waals surface area (Å²) < 4.78 is 33.4. The molecule has 3 rings (SSSR count). The van der Waals surface area contributed by atoms with Crippen molar-refractivity contribution in [1.82, 2.24) is 14.9 Å². The Hall–Kier alpha value is -1.78. The molecule has 1 aromatic carbocycles. The molecule has 0 saturated carbocycles. The summed E-state index contributed by atoms with van der Waals surface area (Å²) in [6.07, 6.45) is 5.90. The number of carbonyl (C=O) groups excluding carboxylic acids is 1. The zero-order valence-electron chi connectivity index (χ0n) is 17.1. The number of ether oxygens (including phenoxy) is 1. The molecule has 0 unspecified atom stereocenters. The van der Waals surface area contributed by atoms with Crippen LogP contribution in [0.5, 0.6) is 0 Å². The van der Waals surface area contributed by atoms with E-state index < -0.39 is 28.3 Å². The minimum Gasteiger partial charge on any atom is -0.394 e. The third-order valence-electron chi connectivity index (χ3n) is 5.39. The van der Waals surface area contributed by atoms with Crippen LogP contribution in [-0.2, 0) is 19.6 Å². The molecule has 0 radical (unpaired) electrons. The number of rotatable bonds is 9. The van der Waals surface area contributed by atoms with E-state index in [9.17, 15) is 18.3 Å². The number of amides is 1. The molecular weight excluding hydrogens is 406 g/mol. The van der Waals surface area contributed by atoms with Gasteiger partial charge in [-0.3, -0.25) is 4.79 Å². The standard InChI is InChI=1S/C21H31N3O5S/c25-16-20-19(23-30(27,28)18-7-3-1-4-8-18)10-9-17(29-20)15-21(26)22-11-14-24-12-5-2-6-13-24/h1,3-4,7-10,17,19-20,23,25H,2,5-6,11-16H2,(H,22,26)/t17-,19-,20-/m1/s1. The van der Waals surface area contributed by atoms with Crippen molar-refractivity contribution in [2.75, 3.05) is 32.8 Å². The fourth-order valence-corrected chi connectivity index (χ4v) is 4.99. The first-order valence-corrected chi connectivity index (χ1v) is 12.0. The molecule has 1 aromatic rings. The van der Waals surface area contributed by atoms with Crippen LogP contribution in [0, 0.1) is 0 Å². The van der Waals surface area contributed by atoms with Gasteiger partial charge in [-0.15, -0.1) is 0 Å². The van der Waals surface area contributed by atoms with E-state index >= 15 is 0 Å². The minimum atomic E-state index is -3.74. The molecule has 2 aliphatic rings. The molecule has 3 atom stereocenters.